The van der Waals surface area contributed by atoms with E-state index in [1.165, 1.54) is 0 Å². The summed E-state index contributed by atoms with van der Waals surface area (Å²) in [4.78, 5) is 0. The lowest BCUT2D eigenvalue weighted by atomic mass is 10.2. The van der Waals surface area contributed by atoms with Crippen molar-refractivity contribution in [1.82, 2.24) is 0 Å². The highest BCUT2D eigenvalue weighted by molar-refractivity contribution is 9.10. The second kappa shape index (κ2) is 3.91. The largest absolute Gasteiger partial charge is 0.398 e. The molecule has 0 radical (unpaired) electrons. The zero-order valence-electron chi connectivity index (χ0n) is 6.16. The summed E-state index contributed by atoms with van der Waals surface area (Å²) in [6.45, 7) is 0. The minimum absolute atomic E-state index is 0.0484. The molecule has 0 bridgehead atoms. The Kier molecular flexibility index (Phi) is 3.11. The number of hydrogen-bond acceptors (Lipinski definition) is 3. The first-order valence-corrected chi connectivity index (χ1v) is 5.41. The van der Waals surface area contributed by atoms with Crippen molar-refractivity contribution in [3.8, 4) is 0 Å². The summed E-state index contributed by atoms with van der Waals surface area (Å²) in [7, 11) is -2.37. The van der Waals surface area contributed by atoms with Crippen molar-refractivity contribution in [2.45, 2.75) is 5.75 Å². The summed E-state index contributed by atoms with van der Waals surface area (Å²) >= 11 is 3.22. The number of anilines is 1. The molecule has 3 nitrogen and oxygen atoms in total. The average molecular weight is 250 g/mol. The van der Waals surface area contributed by atoms with Crippen LogP contribution in [0.1, 0.15) is 5.56 Å². The number of nitrogens with two attached hydrogens (primary N) is 1. The maximum Gasteiger partial charge on any atom is 0.144 e. The lowest BCUT2D eigenvalue weighted by Gasteiger charge is -1.99. The summed E-state index contributed by atoms with van der Waals surface area (Å²) in [6.07, 6.45) is 0. The number of benzene rings is 1. The van der Waals surface area contributed by atoms with E-state index in [9.17, 15) is 8.42 Å². The van der Waals surface area contributed by atoms with Crippen LogP contribution in [0.5, 0.6) is 0 Å². The van der Waals surface area contributed by atoms with Crippen LogP contribution < -0.4 is 5.73 Å². The molecule has 0 heterocycles. The van der Waals surface area contributed by atoms with Gasteiger partial charge in [-0.25, -0.2) is 8.42 Å². The fourth-order valence-electron chi connectivity index (χ4n) is 0.841. The maximum absolute atomic E-state index is 10.3. The van der Waals surface area contributed by atoms with E-state index < -0.39 is 10.7 Å². The van der Waals surface area contributed by atoms with Gasteiger partial charge >= 0.3 is 0 Å². The first-order chi connectivity index (χ1) is 5.59. The van der Waals surface area contributed by atoms with Crippen LogP contribution in [0.3, 0.4) is 0 Å². The van der Waals surface area contributed by atoms with Crippen molar-refractivity contribution >= 4 is 32.3 Å². The molecule has 1 aromatic rings. The molecule has 0 aliphatic carbocycles. The van der Waals surface area contributed by atoms with E-state index in [0.717, 1.165) is 4.47 Å². The molecule has 0 spiro atoms. The molecule has 0 unspecified atom stereocenters. The van der Waals surface area contributed by atoms with Gasteiger partial charge in [-0.15, -0.1) is 0 Å². The molecule has 0 aromatic heterocycles. The predicted molar refractivity (Wildman–Crippen MR) is 52.6 cm³/mol. The van der Waals surface area contributed by atoms with Crippen molar-refractivity contribution in [2.75, 3.05) is 5.73 Å². The van der Waals surface area contributed by atoms with Gasteiger partial charge in [0.15, 0.2) is 0 Å². The van der Waals surface area contributed by atoms with Gasteiger partial charge in [0.25, 0.3) is 0 Å². The molecule has 66 valence electrons. The number of nitrogen functional groups attached to an aromatic ring is 1. The van der Waals surface area contributed by atoms with Crippen molar-refractivity contribution in [3.05, 3.63) is 28.2 Å². The van der Waals surface area contributed by atoms with Gasteiger partial charge in [-0.1, -0.05) is 6.07 Å². The molecule has 5 heteroatoms. The molecule has 0 amide bonds. The molecule has 0 saturated heterocycles. The standard InChI is InChI=1S/C7H8BrNO2S/c8-6-2-1-5(3-7(6)9)4-12(10)11/h1-3,12H,4,9H2. The van der Waals surface area contributed by atoms with Gasteiger partial charge in [-0.05, 0) is 33.6 Å². The molecule has 0 atom stereocenters. The van der Waals surface area contributed by atoms with Gasteiger partial charge in [0.1, 0.15) is 10.7 Å². The molecule has 0 fully saturated rings. The first kappa shape index (κ1) is 9.54. The summed E-state index contributed by atoms with van der Waals surface area (Å²) in [6, 6.07) is 5.12. The van der Waals surface area contributed by atoms with Gasteiger partial charge < -0.3 is 5.73 Å². The van der Waals surface area contributed by atoms with E-state index >= 15 is 0 Å². The van der Waals surface area contributed by atoms with Gasteiger partial charge in [0.2, 0.25) is 0 Å². The second-order valence-electron chi connectivity index (χ2n) is 2.35. The van der Waals surface area contributed by atoms with Crippen LogP contribution in [0.2, 0.25) is 0 Å². The summed E-state index contributed by atoms with van der Waals surface area (Å²) in [5.41, 5.74) is 6.83. The second-order valence-corrected chi connectivity index (χ2v) is 4.18. The van der Waals surface area contributed by atoms with E-state index in [4.69, 9.17) is 5.73 Å². The van der Waals surface area contributed by atoms with Crippen LogP contribution >= 0.6 is 15.9 Å². The molecular weight excluding hydrogens is 242 g/mol. The third kappa shape index (κ3) is 2.49. The van der Waals surface area contributed by atoms with Crippen LogP contribution in [-0.4, -0.2) is 8.42 Å². The van der Waals surface area contributed by atoms with Crippen LogP contribution in [0.15, 0.2) is 22.7 Å². The molecule has 2 N–H and O–H groups in total. The minimum Gasteiger partial charge on any atom is -0.398 e. The highest BCUT2D eigenvalue weighted by Crippen LogP contribution is 2.20. The third-order valence-corrected chi connectivity index (χ3v) is 2.72. The lowest BCUT2D eigenvalue weighted by molar-refractivity contribution is 0.614. The molecule has 1 aromatic carbocycles. The fraction of sp³-hybridized carbons (Fsp3) is 0.143. The van der Waals surface area contributed by atoms with E-state index in [-0.39, 0.29) is 5.75 Å². The summed E-state index contributed by atoms with van der Waals surface area (Å²) in [5.74, 6) is 0.0484. The summed E-state index contributed by atoms with van der Waals surface area (Å²) in [5, 5.41) is 0. The molecule has 0 aliphatic heterocycles. The van der Waals surface area contributed by atoms with Crippen molar-refractivity contribution in [2.24, 2.45) is 0 Å². The smallest absolute Gasteiger partial charge is 0.144 e. The van der Waals surface area contributed by atoms with E-state index in [0.29, 0.717) is 11.3 Å². The zero-order valence-corrected chi connectivity index (χ0v) is 8.64. The number of halogens is 1. The monoisotopic (exact) mass is 249 g/mol. The number of hydrogen-bond donors (Lipinski definition) is 2. The Morgan fingerprint density at radius 3 is 2.58 bits per heavy atom. The Morgan fingerprint density at radius 2 is 2.08 bits per heavy atom. The quantitative estimate of drug-likeness (QED) is 0.611. The molecule has 0 aliphatic rings. The van der Waals surface area contributed by atoms with Gasteiger partial charge in [0, 0.05) is 10.2 Å². The number of rotatable bonds is 2. The van der Waals surface area contributed by atoms with Gasteiger partial charge in [-0.2, -0.15) is 0 Å². The molecule has 0 saturated carbocycles. The van der Waals surface area contributed by atoms with Crippen molar-refractivity contribution < 1.29 is 8.42 Å². The minimum atomic E-state index is -2.37. The van der Waals surface area contributed by atoms with Crippen LogP contribution in [0.25, 0.3) is 0 Å². The van der Waals surface area contributed by atoms with E-state index in [1.807, 2.05) is 0 Å². The maximum atomic E-state index is 10.3. The Hall–Kier alpha value is -0.550. The lowest BCUT2D eigenvalue weighted by Crippen LogP contribution is -1.91. The third-order valence-electron chi connectivity index (χ3n) is 1.37. The first-order valence-electron chi connectivity index (χ1n) is 3.25. The molecule has 12 heavy (non-hydrogen) atoms. The SMILES string of the molecule is Nc1cc(C[SH](=O)=O)ccc1Br. The van der Waals surface area contributed by atoms with Crippen LogP contribution in [0.4, 0.5) is 5.69 Å². The zero-order chi connectivity index (χ0) is 9.14. The number of thiol groups is 1. The van der Waals surface area contributed by atoms with E-state index in [1.54, 1.807) is 18.2 Å². The van der Waals surface area contributed by atoms with Crippen LogP contribution in [0, 0.1) is 0 Å². The highest BCUT2D eigenvalue weighted by atomic mass is 79.9. The normalized spacial score (nSPS) is 10.5. The Morgan fingerprint density at radius 1 is 1.42 bits per heavy atom. The van der Waals surface area contributed by atoms with E-state index in [2.05, 4.69) is 15.9 Å². The fourth-order valence-corrected chi connectivity index (χ4v) is 1.58. The Bertz CT molecular complexity index is 354. The average Bonchev–Trinajstić information content (AvgIpc) is 1.96. The molecular formula is C7H8BrNO2S. The molecule has 1 rings (SSSR count). The van der Waals surface area contributed by atoms with Crippen molar-refractivity contribution in [3.63, 3.8) is 0 Å². The highest BCUT2D eigenvalue weighted by Gasteiger charge is 1.98. The Labute approximate surface area is 80.7 Å². The van der Waals surface area contributed by atoms with Crippen molar-refractivity contribution in [1.29, 1.82) is 0 Å². The Balaban J connectivity index is 2.97. The van der Waals surface area contributed by atoms with Gasteiger partial charge in [-0.3, -0.25) is 0 Å². The summed E-state index contributed by atoms with van der Waals surface area (Å²) < 4.78 is 21.5. The van der Waals surface area contributed by atoms with Gasteiger partial charge in [0.05, 0.1) is 5.75 Å². The predicted octanol–water partition coefficient (Wildman–Crippen LogP) is 1.14. The van der Waals surface area contributed by atoms with Crippen LogP contribution in [-0.2, 0) is 16.5 Å². The topological polar surface area (TPSA) is 60.2 Å².